The Labute approximate surface area is 287 Å². The number of methoxy groups -OCH3 is 1. The molecule has 2 aliphatic heterocycles. The lowest BCUT2D eigenvalue weighted by Crippen LogP contribution is -2.59. The SMILES string of the molecule is COC1C(n2cc(-c3csc(NC(=O)OC(C)(C)C)n3)nn2)[C@H]2OC(c3ccccc3)OCC2O[C@@H]1Sc1ccc(C(F)(F)F)c(Cl)c1. The molecule has 256 valence electrons. The molecule has 0 bridgehead atoms. The van der Waals surface area contributed by atoms with Gasteiger partial charge in [-0.3, -0.25) is 5.32 Å². The molecule has 11 nitrogen and oxygen atoms in total. The van der Waals surface area contributed by atoms with Gasteiger partial charge in [-0.05, 0) is 39.0 Å². The highest BCUT2D eigenvalue weighted by molar-refractivity contribution is 7.99. The molecule has 4 heterocycles. The summed E-state index contributed by atoms with van der Waals surface area (Å²) in [5.74, 6) is 0. The second kappa shape index (κ2) is 13.9. The fourth-order valence-corrected chi connectivity index (χ4v) is 7.55. The number of fused-ring (bicyclic) bond motifs is 1. The third-order valence-corrected chi connectivity index (χ3v) is 9.55. The summed E-state index contributed by atoms with van der Waals surface area (Å²) < 4.78 is 72.0. The number of benzene rings is 2. The number of hydrogen-bond acceptors (Lipinski definition) is 11. The van der Waals surface area contributed by atoms with Gasteiger partial charge in [-0.2, -0.15) is 13.2 Å². The van der Waals surface area contributed by atoms with Gasteiger partial charge < -0.3 is 23.7 Å². The first-order chi connectivity index (χ1) is 22.8. The van der Waals surface area contributed by atoms with Crippen LogP contribution in [0.2, 0.25) is 5.02 Å². The van der Waals surface area contributed by atoms with Crippen molar-refractivity contribution < 1.29 is 41.7 Å². The van der Waals surface area contributed by atoms with Gasteiger partial charge in [0, 0.05) is 22.9 Å². The monoisotopic (exact) mass is 725 g/mol. The average molecular weight is 726 g/mol. The number of hydrogen-bond donors (Lipinski definition) is 1. The maximum atomic E-state index is 13.4. The van der Waals surface area contributed by atoms with Crippen molar-refractivity contribution >= 4 is 45.9 Å². The number of nitrogens with zero attached hydrogens (tertiary/aromatic N) is 4. The zero-order valence-electron chi connectivity index (χ0n) is 26.0. The zero-order valence-corrected chi connectivity index (χ0v) is 28.4. The van der Waals surface area contributed by atoms with Crippen LogP contribution in [-0.2, 0) is 29.9 Å². The number of carbonyl (C=O) groups excluding carboxylic acids is 1. The standard InChI is InChI=1S/C31H31ClF3N5O6S2/c1-30(2,3)46-29(41)37-28-36-21(15-47-28)20-13-40(39-38-20)23-24-22(14-43-26(45-24)16-8-6-5-7-9-16)44-27(25(23)42-4)48-17-10-11-18(19(32)12-17)31(33,34)35/h5-13,15,22-27H,14H2,1-4H3,(H,36,37,41)/t22?,23?,24-,25?,26?,27+/m0/s1. The molecule has 2 aliphatic rings. The van der Waals surface area contributed by atoms with Crippen molar-refractivity contribution in [3.05, 3.63) is 76.3 Å². The van der Waals surface area contributed by atoms with E-state index in [1.807, 2.05) is 30.3 Å². The van der Waals surface area contributed by atoms with Crippen molar-refractivity contribution in [2.24, 2.45) is 0 Å². The normalized spacial score (nSPS) is 24.6. The highest BCUT2D eigenvalue weighted by Crippen LogP contribution is 2.45. The summed E-state index contributed by atoms with van der Waals surface area (Å²) >= 11 is 8.39. The van der Waals surface area contributed by atoms with Crippen molar-refractivity contribution in [1.82, 2.24) is 20.0 Å². The van der Waals surface area contributed by atoms with Crippen molar-refractivity contribution in [1.29, 1.82) is 0 Å². The van der Waals surface area contributed by atoms with E-state index in [1.54, 1.807) is 37.0 Å². The number of carbonyl (C=O) groups is 1. The third-order valence-electron chi connectivity index (χ3n) is 7.34. The fraction of sp³-hybridized carbons (Fsp3) is 0.419. The minimum absolute atomic E-state index is 0.162. The molecule has 1 amide bonds. The van der Waals surface area contributed by atoms with Gasteiger partial charge in [0.05, 0.1) is 23.4 Å². The number of halogens is 4. The van der Waals surface area contributed by atoms with Crippen LogP contribution in [0.15, 0.2) is 65.0 Å². The lowest BCUT2D eigenvalue weighted by atomic mass is 9.95. The van der Waals surface area contributed by atoms with Gasteiger partial charge in [-0.1, -0.05) is 58.9 Å². The van der Waals surface area contributed by atoms with Crippen LogP contribution in [-0.4, -0.2) is 69.1 Å². The van der Waals surface area contributed by atoms with E-state index in [2.05, 4.69) is 20.6 Å². The summed E-state index contributed by atoms with van der Waals surface area (Å²) in [5, 5.41) is 13.0. The molecule has 0 radical (unpaired) electrons. The molecule has 0 spiro atoms. The first-order valence-electron chi connectivity index (χ1n) is 14.7. The first-order valence-corrected chi connectivity index (χ1v) is 16.8. The van der Waals surface area contributed by atoms with Gasteiger partial charge in [0.15, 0.2) is 11.4 Å². The molecule has 4 unspecified atom stereocenters. The van der Waals surface area contributed by atoms with Crippen LogP contribution in [0.4, 0.5) is 23.1 Å². The number of aromatic nitrogens is 4. The Morgan fingerprint density at radius 1 is 1.12 bits per heavy atom. The molecule has 2 fully saturated rings. The number of nitrogens with one attached hydrogen (secondary N) is 1. The molecule has 48 heavy (non-hydrogen) atoms. The van der Waals surface area contributed by atoms with Gasteiger partial charge in [0.25, 0.3) is 0 Å². The number of alkyl halides is 3. The lowest BCUT2D eigenvalue weighted by molar-refractivity contribution is -0.308. The van der Waals surface area contributed by atoms with E-state index < -0.39 is 64.5 Å². The van der Waals surface area contributed by atoms with Gasteiger partial charge in [0.2, 0.25) is 0 Å². The highest BCUT2D eigenvalue weighted by Gasteiger charge is 2.52. The molecule has 1 N–H and O–H groups in total. The van der Waals surface area contributed by atoms with Gasteiger partial charge in [0.1, 0.15) is 46.8 Å². The van der Waals surface area contributed by atoms with Crippen molar-refractivity contribution in [3.8, 4) is 11.4 Å². The summed E-state index contributed by atoms with van der Waals surface area (Å²) in [6.07, 6.45) is -6.17. The van der Waals surface area contributed by atoms with E-state index in [4.69, 9.17) is 35.3 Å². The van der Waals surface area contributed by atoms with Crippen LogP contribution in [0.1, 0.15) is 44.2 Å². The first kappa shape index (κ1) is 34.6. The second-order valence-corrected chi connectivity index (χ2v) is 14.4. The summed E-state index contributed by atoms with van der Waals surface area (Å²) in [7, 11) is 1.51. The predicted molar refractivity (Wildman–Crippen MR) is 172 cm³/mol. The Bertz CT molecular complexity index is 1740. The zero-order chi connectivity index (χ0) is 34.2. The smallest absolute Gasteiger partial charge is 0.417 e. The van der Waals surface area contributed by atoms with Gasteiger partial charge >= 0.3 is 12.3 Å². The van der Waals surface area contributed by atoms with E-state index in [9.17, 15) is 18.0 Å². The van der Waals surface area contributed by atoms with Crippen LogP contribution in [0.5, 0.6) is 0 Å². The number of rotatable bonds is 7. The van der Waals surface area contributed by atoms with E-state index in [0.29, 0.717) is 21.4 Å². The Morgan fingerprint density at radius 3 is 2.58 bits per heavy atom. The van der Waals surface area contributed by atoms with Crippen molar-refractivity contribution in [3.63, 3.8) is 0 Å². The topological polar surface area (TPSA) is 119 Å². The van der Waals surface area contributed by atoms with Crippen LogP contribution >= 0.6 is 34.7 Å². The van der Waals surface area contributed by atoms with Crippen molar-refractivity contribution in [2.45, 2.75) is 73.5 Å². The Kier molecular flexibility index (Phi) is 10.0. The predicted octanol–water partition coefficient (Wildman–Crippen LogP) is 7.61. The molecule has 2 aromatic heterocycles. The van der Waals surface area contributed by atoms with Crippen LogP contribution < -0.4 is 5.32 Å². The van der Waals surface area contributed by atoms with Crippen LogP contribution in [0.3, 0.4) is 0 Å². The number of ether oxygens (including phenoxy) is 5. The lowest BCUT2D eigenvalue weighted by Gasteiger charge is -2.48. The average Bonchev–Trinajstić information content (AvgIpc) is 3.69. The maximum Gasteiger partial charge on any atom is 0.417 e. The molecule has 4 aromatic rings. The molecule has 6 atom stereocenters. The van der Waals surface area contributed by atoms with Crippen LogP contribution in [0, 0.1) is 0 Å². The molecule has 17 heteroatoms. The van der Waals surface area contributed by atoms with Crippen molar-refractivity contribution in [2.75, 3.05) is 19.0 Å². The quantitative estimate of drug-likeness (QED) is 0.204. The van der Waals surface area contributed by atoms with Crippen LogP contribution in [0.25, 0.3) is 11.4 Å². The number of thioether (sulfide) groups is 1. The molecule has 2 aromatic carbocycles. The minimum atomic E-state index is -4.59. The second-order valence-electron chi connectivity index (χ2n) is 11.9. The highest BCUT2D eigenvalue weighted by atomic mass is 35.5. The van der Waals surface area contributed by atoms with Gasteiger partial charge in [-0.15, -0.1) is 16.4 Å². The van der Waals surface area contributed by atoms with E-state index in [0.717, 1.165) is 23.4 Å². The summed E-state index contributed by atoms with van der Waals surface area (Å²) in [6, 6.07) is 12.4. The van der Waals surface area contributed by atoms with E-state index in [1.165, 1.54) is 30.6 Å². The summed E-state index contributed by atoms with van der Waals surface area (Å²) in [4.78, 5) is 17.2. The summed E-state index contributed by atoms with van der Waals surface area (Å²) in [5.41, 5.74) is -0.631. The Balaban J connectivity index is 1.29. The molecule has 0 saturated carbocycles. The Hall–Kier alpha value is -3.25. The number of anilines is 1. The third kappa shape index (κ3) is 7.80. The van der Waals surface area contributed by atoms with Gasteiger partial charge in [-0.25, -0.2) is 14.5 Å². The molecule has 0 aliphatic carbocycles. The minimum Gasteiger partial charge on any atom is -0.444 e. The number of thiazole rings is 1. The fourth-order valence-electron chi connectivity index (χ4n) is 5.31. The molecular weight excluding hydrogens is 695 g/mol. The number of amides is 1. The molecule has 2 saturated heterocycles. The molecular formula is C31H31ClF3N5O6S2. The Morgan fingerprint density at radius 2 is 1.90 bits per heavy atom. The van der Waals surface area contributed by atoms with E-state index >= 15 is 0 Å². The van der Waals surface area contributed by atoms with E-state index in [-0.39, 0.29) is 6.61 Å². The largest absolute Gasteiger partial charge is 0.444 e. The molecule has 6 rings (SSSR count). The maximum absolute atomic E-state index is 13.4. The summed E-state index contributed by atoms with van der Waals surface area (Å²) in [6.45, 7) is 5.45.